The minimum atomic E-state index is -4.79. The first-order valence-electron chi connectivity index (χ1n) is 38.0. The van der Waals surface area contributed by atoms with Crippen LogP contribution in [0.5, 0.6) is 0 Å². The van der Waals surface area contributed by atoms with Crippen molar-refractivity contribution in [2.45, 2.75) is 242 Å². The van der Waals surface area contributed by atoms with Gasteiger partial charge in [0.25, 0.3) is 0 Å². The van der Waals surface area contributed by atoms with E-state index in [-0.39, 0.29) is 75.5 Å². The molecule has 1 spiro atoms. The van der Waals surface area contributed by atoms with E-state index in [4.69, 9.17) is 16.3 Å². The largest absolute Gasteiger partial charge is 0.417 e. The number of benzene rings is 1. The van der Waals surface area contributed by atoms with E-state index in [1.807, 2.05) is 20.8 Å². The van der Waals surface area contributed by atoms with Crippen molar-refractivity contribution in [1.29, 1.82) is 0 Å². The third kappa shape index (κ3) is 22.0. The quantitative estimate of drug-likeness (QED) is 0.181. The molecular formula is C75H116ClF3N12O14. The molecule has 3 aliphatic carbocycles. The fourth-order valence-electron chi connectivity index (χ4n) is 16.2. The normalized spacial score (nSPS) is 26.9. The number of rotatable bonds is 14. The molecule has 3 heterocycles. The molecule has 9 atom stereocenters. The average Bonchev–Trinajstić information content (AvgIpc) is 1.11. The van der Waals surface area contributed by atoms with E-state index in [2.05, 4.69) is 16.0 Å². The van der Waals surface area contributed by atoms with E-state index in [9.17, 15) is 47.0 Å². The number of carbonyl (C=O) groups excluding carboxylic acids is 12. The molecule has 26 nitrogen and oxygen atoms in total. The first kappa shape index (κ1) is 85.1. The summed E-state index contributed by atoms with van der Waals surface area (Å²) in [5, 5.41) is 18.0. The van der Waals surface area contributed by atoms with Gasteiger partial charge in [-0.1, -0.05) is 116 Å². The molecule has 30 heteroatoms. The molecule has 1 aromatic rings. The number of alkyl halides is 3. The van der Waals surface area contributed by atoms with E-state index >= 15 is 28.8 Å². The number of ether oxygens (including phenoxy) is 1. The van der Waals surface area contributed by atoms with Crippen LogP contribution < -0.4 is 16.0 Å². The van der Waals surface area contributed by atoms with Crippen molar-refractivity contribution in [3.63, 3.8) is 0 Å². The zero-order chi connectivity index (χ0) is 77.4. The standard InChI is InChI=1S/C75H116ClF3N12O14/c1-12-48(4)64-71(102)85(7)45-62(95)83(5)46-63(96)87(9)58(40-49-24-16-13-17-25-49)69(100)84(6)44-60(93)80-55(31-29-50-28-30-53(54(76)39-50)75(77,78)79)68(99)91-43-52(105-37-36-92)41-57(91)67(98)82-74(32-20-21-33-74)73(104)89(11)65(51-26-18-14-19-27-51)72(103)88(10)59(70(101)90-34-22-15-23-35-90)42-61(94)86(8)56(38-47(2)3)66(97)81-64/h28,30,39,47-49,51-52,55-59,64-65,92H,12-27,29,31-38,40-46H2,1-11H3,(H,80,93)(H,81,97)(H,82,98)/t48-,52+,55-,56-,57-,58-,59-,64-,65-/m0/s1. The Bertz CT molecular complexity index is 3230. The van der Waals surface area contributed by atoms with Crippen LogP contribution >= 0.6 is 11.6 Å². The number of carbonyl (C=O) groups is 12. The number of likely N-dealkylation sites (N-methyl/N-ethyl adjacent to an activating group) is 7. The lowest BCUT2D eigenvalue weighted by Crippen LogP contribution is -2.65. The highest BCUT2D eigenvalue weighted by Crippen LogP contribution is 2.39. The van der Waals surface area contributed by atoms with Gasteiger partial charge in [0, 0.05) is 75.4 Å². The minimum absolute atomic E-state index is 0.00775. The molecule has 7 rings (SSSR count). The number of hydrogen-bond acceptors (Lipinski definition) is 14. The minimum Gasteiger partial charge on any atom is -0.394 e. The number of nitrogens with one attached hydrogen (secondary N) is 3. The van der Waals surface area contributed by atoms with Crippen molar-refractivity contribution in [1.82, 2.24) is 60.0 Å². The predicted octanol–water partition coefficient (Wildman–Crippen LogP) is 5.41. The monoisotopic (exact) mass is 1500 g/mol. The number of likely N-dealkylation sites (tertiary alicyclic amines) is 1. The third-order valence-corrected chi connectivity index (χ3v) is 23.1. The Balaban J connectivity index is 1.32. The highest BCUT2D eigenvalue weighted by molar-refractivity contribution is 6.31. The number of nitrogens with zero attached hydrogens (tertiary/aromatic N) is 9. The van der Waals surface area contributed by atoms with Gasteiger partial charge in [-0.3, -0.25) is 57.5 Å². The van der Waals surface area contributed by atoms with Crippen LogP contribution in [0.1, 0.15) is 187 Å². The van der Waals surface area contributed by atoms with Crippen molar-refractivity contribution in [2.75, 3.05) is 102 Å². The van der Waals surface area contributed by atoms with E-state index in [0.717, 1.165) is 84.6 Å². The number of hydrogen-bond donors (Lipinski definition) is 4. The van der Waals surface area contributed by atoms with Crippen molar-refractivity contribution in [2.24, 2.45) is 23.7 Å². The number of amides is 12. The van der Waals surface area contributed by atoms with E-state index in [1.54, 1.807) is 11.8 Å². The highest BCUT2D eigenvalue weighted by atomic mass is 35.5. The van der Waals surface area contributed by atoms with Crippen molar-refractivity contribution >= 4 is 82.5 Å². The van der Waals surface area contributed by atoms with Gasteiger partial charge < -0.3 is 69.9 Å². The summed E-state index contributed by atoms with van der Waals surface area (Å²) in [4.78, 5) is 192. The molecule has 0 radical (unpaired) electrons. The number of fused-ring (bicyclic) bond motifs is 1. The molecule has 3 saturated heterocycles. The van der Waals surface area contributed by atoms with Crippen LogP contribution in [0, 0.1) is 23.7 Å². The van der Waals surface area contributed by atoms with Crippen LogP contribution in [-0.2, 0) is 74.9 Å². The van der Waals surface area contributed by atoms with Crippen molar-refractivity contribution < 1.29 is 80.5 Å². The third-order valence-electron chi connectivity index (χ3n) is 22.8. The van der Waals surface area contributed by atoms with Gasteiger partial charge in [0.15, 0.2) is 0 Å². The number of halogens is 4. The molecule has 0 aromatic heterocycles. The summed E-state index contributed by atoms with van der Waals surface area (Å²) in [5.74, 6) is -9.31. The van der Waals surface area contributed by atoms with Crippen LogP contribution in [0.3, 0.4) is 0 Å². The average molecular weight is 1500 g/mol. The first-order chi connectivity index (χ1) is 49.6. The summed E-state index contributed by atoms with van der Waals surface area (Å²) < 4.78 is 47.9. The SMILES string of the molecule is CC[C@H](C)[C@@H]1NC(=O)[C@H](CC(C)C)N(C)C(=O)C[C@@H](C(=O)N2CCCCC2)N(C)C(=O)[C@H](C2CCCCC2)N(C)C(=O)C2(CCCC2)NC(=O)[C@@H]2C[C@@H](OCCO)CN2C(=O)[C@H](CCc2ccc(C(F)(F)F)c(Cl)c2)NC(=O)CN(C)C(=O)[C@H](CC2CCCCC2)N(C)C(=O)CN(C)C(=O)CN(C)C1=O. The first-order valence-corrected chi connectivity index (χ1v) is 38.4. The molecule has 6 fully saturated rings. The summed E-state index contributed by atoms with van der Waals surface area (Å²) in [6.07, 6.45) is 4.82. The Morgan fingerprint density at radius 1 is 0.676 bits per heavy atom. The van der Waals surface area contributed by atoms with E-state index in [0.29, 0.717) is 58.0 Å². The van der Waals surface area contributed by atoms with Gasteiger partial charge in [-0.25, -0.2) is 0 Å². The molecular weight excluding hydrogens is 1390 g/mol. The molecule has 3 aliphatic heterocycles. The summed E-state index contributed by atoms with van der Waals surface area (Å²) >= 11 is 6.19. The Labute approximate surface area is 622 Å². The number of aliphatic hydroxyl groups is 1. The summed E-state index contributed by atoms with van der Waals surface area (Å²) in [6, 6.07) is -6.09. The predicted molar refractivity (Wildman–Crippen MR) is 386 cm³/mol. The molecule has 588 valence electrons. The maximum Gasteiger partial charge on any atom is 0.417 e. The molecule has 4 N–H and O–H groups in total. The smallest absolute Gasteiger partial charge is 0.394 e. The molecule has 105 heavy (non-hydrogen) atoms. The molecule has 1 aromatic carbocycles. The van der Waals surface area contributed by atoms with Crippen LogP contribution in [0.2, 0.25) is 5.02 Å². The van der Waals surface area contributed by atoms with Gasteiger partial charge in [-0.2, -0.15) is 13.2 Å². The van der Waals surface area contributed by atoms with Crippen LogP contribution in [0.15, 0.2) is 18.2 Å². The summed E-state index contributed by atoms with van der Waals surface area (Å²) in [6.45, 7) is 5.38. The van der Waals surface area contributed by atoms with Crippen LogP contribution in [0.25, 0.3) is 0 Å². The Hall–Kier alpha value is -7.14. The molecule has 0 unspecified atom stereocenters. The van der Waals surface area contributed by atoms with Gasteiger partial charge in [-0.05, 0) is 112 Å². The Morgan fingerprint density at radius 2 is 1.28 bits per heavy atom. The fraction of sp³-hybridized carbons (Fsp3) is 0.760. The highest BCUT2D eigenvalue weighted by Gasteiger charge is 2.52. The summed E-state index contributed by atoms with van der Waals surface area (Å²) in [5.41, 5.74) is -2.51. The second-order valence-corrected chi connectivity index (χ2v) is 31.3. The number of aryl methyl sites for hydroxylation is 1. The van der Waals surface area contributed by atoms with Gasteiger partial charge in [0.1, 0.15) is 47.8 Å². The molecule has 3 saturated carbocycles. The molecule has 0 bridgehead atoms. The lowest BCUT2D eigenvalue weighted by Gasteiger charge is -2.43. The van der Waals surface area contributed by atoms with Crippen LogP contribution in [-0.4, -0.2) is 276 Å². The zero-order valence-electron chi connectivity index (χ0n) is 63.6. The van der Waals surface area contributed by atoms with Crippen molar-refractivity contribution in [3.05, 3.63) is 34.3 Å². The maximum absolute atomic E-state index is 15.9. The summed E-state index contributed by atoms with van der Waals surface area (Å²) in [7, 11) is 9.91. The molecule has 12 amide bonds. The topological polar surface area (TPSA) is 300 Å². The maximum atomic E-state index is 15.9. The van der Waals surface area contributed by atoms with Gasteiger partial charge >= 0.3 is 6.18 Å². The Kier molecular flexibility index (Phi) is 31.3. The van der Waals surface area contributed by atoms with Gasteiger partial charge in [0.05, 0.1) is 56.0 Å². The Morgan fingerprint density at radius 3 is 1.88 bits per heavy atom. The van der Waals surface area contributed by atoms with Gasteiger partial charge in [0.2, 0.25) is 70.9 Å². The van der Waals surface area contributed by atoms with Crippen molar-refractivity contribution in [3.8, 4) is 0 Å². The lowest BCUT2D eigenvalue weighted by molar-refractivity contribution is -0.157. The zero-order valence-corrected chi connectivity index (χ0v) is 64.3. The van der Waals surface area contributed by atoms with Gasteiger partial charge in [-0.15, -0.1) is 0 Å². The van der Waals surface area contributed by atoms with E-state index < -0.39 is 186 Å². The van der Waals surface area contributed by atoms with Crippen LogP contribution in [0.4, 0.5) is 13.2 Å². The number of piperidine rings is 1. The number of aliphatic hydroxyl groups excluding tert-OH is 1. The van der Waals surface area contributed by atoms with E-state index in [1.165, 1.54) is 79.9 Å². The second-order valence-electron chi connectivity index (χ2n) is 30.9. The lowest BCUT2D eigenvalue weighted by atomic mass is 9.81. The fourth-order valence-corrected chi connectivity index (χ4v) is 16.5. The molecule has 6 aliphatic rings. The second kappa shape index (κ2) is 38.6.